The lowest BCUT2D eigenvalue weighted by molar-refractivity contribution is -0.255. The van der Waals surface area contributed by atoms with E-state index in [4.69, 9.17) is 4.74 Å². The molecule has 12 heteroatoms. The van der Waals surface area contributed by atoms with Crippen molar-refractivity contribution in [2.45, 2.75) is 5.51 Å². The van der Waals surface area contributed by atoms with Crippen LogP contribution in [-0.4, -0.2) is 25.9 Å². The summed E-state index contributed by atoms with van der Waals surface area (Å²) in [7, 11) is -5.84. The number of hydrogen-bond acceptors (Lipinski definition) is 8. The molecule has 0 aliphatic carbocycles. The van der Waals surface area contributed by atoms with Crippen molar-refractivity contribution in [3.8, 4) is 17.2 Å². The highest BCUT2D eigenvalue weighted by atomic mass is 32.2. The maximum absolute atomic E-state index is 12.2. The van der Waals surface area contributed by atoms with E-state index in [1.54, 1.807) is 0 Å². The average Bonchev–Trinajstić information content (AvgIpc) is 2.55. The lowest BCUT2D eigenvalue weighted by Crippen LogP contribution is -2.28. The molecule has 0 aromatic heterocycles. The number of hydrogen-bond donors (Lipinski definition) is 0. The number of halogens is 3. The van der Waals surface area contributed by atoms with Crippen LogP contribution < -0.4 is 19.1 Å². The molecule has 0 saturated heterocycles. The molecule has 0 atom stereocenters. The second-order valence-corrected chi connectivity index (χ2v) is 6.42. The number of carbonyl (C=O) groups excluding carboxylic acids is 2. The van der Waals surface area contributed by atoms with E-state index in [0.717, 1.165) is 42.5 Å². The van der Waals surface area contributed by atoms with Gasteiger partial charge in [-0.2, -0.15) is 21.6 Å². The Labute approximate surface area is 149 Å². The van der Waals surface area contributed by atoms with Crippen molar-refractivity contribution in [2.24, 2.45) is 0 Å². The minimum atomic E-state index is -5.84. The van der Waals surface area contributed by atoms with Crippen molar-refractivity contribution in [3.63, 3.8) is 0 Å². The summed E-state index contributed by atoms with van der Waals surface area (Å²) in [6, 6.07) is 6.41. The Balaban J connectivity index is 2.24. The fraction of sp³-hybridized carbons (Fsp3) is 0.0667. The van der Waals surface area contributed by atoms with Gasteiger partial charge in [0.2, 0.25) is 0 Å². The number of alkyl halides is 3. The van der Waals surface area contributed by atoms with Crippen LogP contribution in [0.25, 0.3) is 0 Å². The summed E-state index contributed by atoms with van der Waals surface area (Å²) in [5, 5.41) is 21.8. The highest BCUT2D eigenvalue weighted by Crippen LogP contribution is 2.29. The van der Waals surface area contributed by atoms with E-state index >= 15 is 0 Å². The summed E-state index contributed by atoms with van der Waals surface area (Å²) < 4.78 is 67.6. The van der Waals surface area contributed by atoms with Gasteiger partial charge in [0.15, 0.2) is 0 Å². The first kappa shape index (κ1) is 20.0. The first-order valence-electron chi connectivity index (χ1n) is 6.75. The maximum Gasteiger partial charge on any atom is 0.534 e. The Morgan fingerprint density at radius 1 is 0.815 bits per heavy atom. The third-order valence-corrected chi connectivity index (χ3v) is 3.91. The van der Waals surface area contributed by atoms with Gasteiger partial charge in [0.1, 0.15) is 17.2 Å². The Morgan fingerprint density at radius 2 is 1.26 bits per heavy atom. The van der Waals surface area contributed by atoms with E-state index in [1.807, 2.05) is 0 Å². The number of carboxylic acid groups (broad SMARTS) is 2. The predicted octanol–water partition coefficient (Wildman–Crippen LogP) is 0.434. The van der Waals surface area contributed by atoms with Gasteiger partial charge in [0.25, 0.3) is 0 Å². The van der Waals surface area contributed by atoms with E-state index in [9.17, 15) is 41.4 Å². The quantitative estimate of drug-likeness (QED) is 0.500. The van der Waals surface area contributed by atoms with Gasteiger partial charge in [-0.05, 0) is 42.5 Å². The smallest absolute Gasteiger partial charge is 0.534 e. The standard InChI is InChI=1S/C15H9F3O8S/c16-15(17,18)27(23,24)26-11-3-1-10(2-4-11)25-12-6-8(13(19)20)5-9(7-12)14(21)22/h1-7H,(H,19,20)(H,21,22)/p-2. The lowest BCUT2D eigenvalue weighted by atomic mass is 10.1. The van der Waals surface area contributed by atoms with Gasteiger partial charge in [-0.1, -0.05) is 0 Å². The first-order valence-corrected chi connectivity index (χ1v) is 8.16. The fourth-order valence-corrected chi connectivity index (χ4v) is 2.23. The second kappa shape index (κ2) is 7.15. The van der Waals surface area contributed by atoms with E-state index in [1.165, 1.54) is 0 Å². The van der Waals surface area contributed by atoms with Crippen molar-refractivity contribution in [2.75, 3.05) is 0 Å². The molecular formula is C15H7F3O8S-2. The van der Waals surface area contributed by atoms with Crippen molar-refractivity contribution < 1.29 is 50.3 Å². The molecule has 0 heterocycles. The summed E-state index contributed by atoms with van der Waals surface area (Å²) in [4.78, 5) is 21.8. The third kappa shape index (κ3) is 4.88. The topological polar surface area (TPSA) is 133 Å². The van der Waals surface area contributed by atoms with Gasteiger partial charge < -0.3 is 28.7 Å². The van der Waals surface area contributed by atoms with E-state index < -0.39 is 44.4 Å². The highest BCUT2D eigenvalue weighted by molar-refractivity contribution is 7.88. The van der Waals surface area contributed by atoms with Crippen molar-refractivity contribution in [1.29, 1.82) is 0 Å². The Bertz CT molecular complexity index is 949. The average molecular weight is 404 g/mol. The zero-order valence-corrected chi connectivity index (χ0v) is 13.7. The van der Waals surface area contributed by atoms with Gasteiger partial charge in [0, 0.05) is 11.1 Å². The predicted molar refractivity (Wildman–Crippen MR) is 77.2 cm³/mol. The Kier molecular flexibility index (Phi) is 5.31. The molecule has 2 aromatic rings. The van der Waals surface area contributed by atoms with Crippen LogP contribution in [0.2, 0.25) is 0 Å². The van der Waals surface area contributed by atoms with Crippen molar-refractivity contribution >= 4 is 22.1 Å². The molecule has 8 nitrogen and oxygen atoms in total. The van der Waals surface area contributed by atoms with E-state index in [-0.39, 0.29) is 11.5 Å². The zero-order chi connectivity index (χ0) is 20.4. The lowest BCUT2D eigenvalue weighted by Gasteiger charge is -2.13. The SMILES string of the molecule is O=C([O-])c1cc(Oc2ccc(OS(=O)(=O)C(F)(F)F)cc2)cc(C(=O)[O-])c1. The second-order valence-electron chi connectivity index (χ2n) is 4.88. The molecule has 0 bridgehead atoms. The number of carbonyl (C=O) groups is 2. The molecule has 0 saturated carbocycles. The molecule has 0 aliphatic rings. The van der Waals surface area contributed by atoms with E-state index in [0.29, 0.717) is 0 Å². The van der Waals surface area contributed by atoms with Crippen LogP contribution >= 0.6 is 0 Å². The van der Waals surface area contributed by atoms with Gasteiger partial charge in [-0.25, -0.2) is 0 Å². The molecular weight excluding hydrogens is 397 g/mol. The highest BCUT2D eigenvalue weighted by Gasteiger charge is 2.48. The summed E-state index contributed by atoms with van der Waals surface area (Å²) in [6.07, 6.45) is 0. The van der Waals surface area contributed by atoms with Gasteiger partial charge in [0.05, 0.1) is 11.9 Å². The molecule has 0 fully saturated rings. The molecule has 2 rings (SSSR count). The van der Waals surface area contributed by atoms with Crippen LogP contribution in [0.1, 0.15) is 20.7 Å². The van der Waals surface area contributed by atoms with Crippen LogP contribution in [0.5, 0.6) is 17.2 Å². The monoisotopic (exact) mass is 404 g/mol. The molecule has 0 amide bonds. The Hall–Kier alpha value is -3.28. The van der Waals surface area contributed by atoms with E-state index in [2.05, 4.69) is 4.18 Å². The number of benzene rings is 2. The fourth-order valence-electron chi connectivity index (χ4n) is 1.77. The van der Waals surface area contributed by atoms with Crippen LogP contribution in [-0.2, 0) is 10.1 Å². The molecule has 0 N–H and O–H groups in total. The number of ether oxygens (including phenoxy) is 1. The molecule has 27 heavy (non-hydrogen) atoms. The van der Waals surface area contributed by atoms with Crippen LogP contribution in [0.4, 0.5) is 13.2 Å². The largest absolute Gasteiger partial charge is 0.545 e. The molecule has 144 valence electrons. The maximum atomic E-state index is 12.2. The van der Waals surface area contributed by atoms with Crippen LogP contribution in [0.3, 0.4) is 0 Å². The summed E-state index contributed by atoms with van der Waals surface area (Å²) in [5.74, 6) is -4.33. The normalized spacial score (nSPS) is 11.7. The zero-order valence-electron chi connectivity index (χ0n) is 12.8. The molecule has 0 aliphatic heterocycles. The number of carboxylic acids is 2. The van der Waals surface area contributed by atoms with Crippen LogP contribution in [0, 0.1) is 0 Å². The minimum absolute atomic E-state index is 0.0773. The first-order chi connectivity index (χ1) is 12.4. The Morgan fingerprint density at radius 3 is 1.67 bits per heavy atom. The van der Waals surface area contributed by atoms with Gasteiger partial charge in [-0.3, -0.25) is 0 Å². The van der Waals surface area contributed by atoms with Crippen molar-refractivity contribution in [1.82, 2.24) is 0 Å². The number of rotatable bonds is 6. The summed E-state index contributed by atoms with van der Waals surface area (Å²) in [5.41, 5.74) is -6.62. The van der Waals surface area contributed by atoms with Crippen LogP contribution in [0.15, 0.2) is 42.5 Å². The van der Waals surface area contributed by atoms with Gasteiger partial charge in [-0.15, -0.1) is 0 Å². The third-order valence-electron chi connectivity index (χ3n) is 2.93. The number of aromatic carboxylic acids is 2. The molecule has 0 unspecified atom stereocenters. The minimum Gasteiger partial charge on any atom is -0.545 e. The van der Waals surface area contributed by atoms with Crippen molar-refractivity contribution in [3.05, 3.63) is 53.6 Å². The molecule has 2 aromatic carbocycles. The summed E-state index contributed by atoms with van der Waals surface area (Å²) in [6.45, 7) is 0. The molecule has 0 radical (unpaired) electrons. The van der Waals surface area contributed by atoms with Gasteiger partial charge >= 0.3 is 15.6 Å². The molecule has 0 spiro atoms. The summed E-state index contributed by atoms with van der Waals surface area (Å²) >= 11 is 0.